The quantitative estimate of drug-likeness (QED) is 0.610. The Labute approximate surface area is 67.0 Å². The van der Waals surface area contributed by atoms with Crippen molar-refractivity contribution < 1.29 is 15.0 Å². The van der Waals surface area contributed by atoms with E-state index in [0.717, 1.165) is 0 Å². The van der Waals surface area contributed by atoms with Crippen molar-refractivity contribution in [2.24, 2.45) is 5.41 Å². The molecule has 0 aromatic carbocycles. The molecular formula is C8H16O3. The third-order valence-electron chi connectivity index (χ3n) is 2.04. The van der Waals surface area contributed by atoms with Crippen molar-refractivity contribution in [1.82, 2.24) is 0 Å². The second-order valence-electron chi connectivity index (χ2n) is 3.05. The highest BCUT2D eigenvalue weighted by atomic mass is 16.3. The van der Waals surface area contributed by atoms with E-state index in [9.17, 15) is 4.79 Å². The molecule has 0 aromatic rings. The maximum Gasteiger partial charge on any atom is 0.130 e. The molecule has 0 aliphatic rings. The Balaban J connectivity index is 4.16. The molecule has 0 aromatic heterocycles. The van der Waals surface area contributed by atoms with E-state index < -0.39 is 5.41 Å². The Morgan fingerprint density at radius 2 is 1.82 bits per heavy atom. The molecule has 11 heavy (non-hydrogen) atoms. The Morgan fingerprint density at radius 3 is 1.91 bits per heavy atom. The van der Waals surface area contributed by atoms with Crippen LogP contribution in [0.1, 0.15) is 26.7 Å². The van der Waals surface area contributed by atoms with E-state index in [1.54, 1.807) is 0 Å². The van der Waals surface area contributed by atoms with Gasteiger partial charge in [-0.05, 0) is 13.3 Å². The van der Waals surface area contributed by atoms with Gasteiger partial charge in [0.2, 0.25) is 0 Å². The third-order valence-corrected chi connectivity index (χ3v) is 2.04. The van der Waals surface area contributed by atoms with Crippen LogP contribution in [0.15, 0.2) is 0 Å². The van der Waals surface area contributed by atoms with E-state index in [4.69, 9.17) is 10.2 Å². The fourth-order valence-corrected chi connectivity index (χ4v) is 1.04. The Bertz CT molecular complexity index is 119. The zero-order valence-electron chi connectivity index (χ0n) is 7.13. The monoisotopic (exact) mass is 160 g/mol. The van der Waals surface area contributed by atoms with Gasteiger partial charge in [0.05, 0.1) is 13.2 Å². The summed E-state index contributed by atoms with van der Waals surface area (Å²) in [5.74, 6) is 0.00921. The lowest BCUT2D eigenvalue weighted by Gasteiger charge is -2.26. The average molecular weight is 160 g/mol. The van der Waals surface area contributed by atoms with Crippen molar-refractivity contribution in [3.8, 4) is 0 Å². The van der Waals surface area contributed by atoms with Crippen LogP contribution in [0, 0.1) is 5.41 Å². The van der Waals surface area contributed by atoms with Crippen molar-refractivity contribution >= 4 is 5.78 Å². The van der Waals surface area contributed by atoms with Gasteiger partial charge in [-0.2, -0.15) is 0 Å². The number of carbonyl (C=O) groups is 1. The Hall–Kier alpha value is -0.410. The predicted octanol–water partition coefficient (Wildman–Crippen LogP) is 0.346. The maximum absolute atomic E-state index is 10.7. The number of hydrogen-bond donors (Lipinski definition) is 2. The molecule has 2 N–H and O–H groups in total. The van der Waals surface area contributed by atoms with Gasteiger partial charge in [0.1, 0.15) is 5.78 Å². The van der Waals surface area contributed by atoms with Crippen LogP contribution in [-0.4, -0.2) is 29.2 Å². The van der Waals surface area contributed by atoms with Crippen LogP contribution in [-0.2, 0) is 4.79 Å². The van der Waals surface area contributed by atoms with Crippen LogP contribution < -0.4 is 0 Å². The third kappa shape index (κ3) is 2.99. The first-order valence-electron chi connectivity index (χ1n) is 3.81. The SMILES string of the molecule is CCC(CO)(CO)CC(C)=O. The second-order valence-corrected chi connectivity index (χ2v) is 3.05. The Kier molecular flexibility index (Phi) is 4.30. The van der Waals surface area contributed by atoms with E-state index >= 15 is 0 Å². The minimum Gasteiger partial charge on any atom is -0.396 e. The topological polar surface area (TPSA) is 57.5 Å². The molecule has 0 bridgehead atoms. The summed E-state index contributed by atoms with van der Waals surface area (Å²) in [5, 5.41) is 17.8. The predicted molar refractivity (Wildman–Crippen MR) is 42.2 cm³/mol. The lowest BCUT2D eigenvalue weighted by molar-refractivity contribution is -0.121. The van der Waals surface area contributed by atoms with Gasteiger partial charge in [-0.3, -0.25) is 0 Å². The number of aliphatic hydroxyl groups is 2. The summed E-state index contributed by atoms with van der Waals surface area (Å²) >= 11 is 0. The van der Waals surface area contributed by atoms with Crippen LogP contribution >= 0.6 is 0 Å². The summed E-state index contributed by atoms with van der Waals surface area (Å²) in [6, 6.07) is 0. The summed E-state index contributed by atoms with van der Waals surface area (Å²) in [6.07, 6.45) is 0.885. The molecular weight excluding hydrogens is 144 g/mol. The zero-order valence-corrected chi connectivity index (χ0v) is 7.13. The minimum absolute atomic E-state index is 0.00921. The van der Waals surface area contributed by atoms with Gasteiger partial charge in [-0.25, -0.2) is 0 Å². The molecule has 0 spiro atoms. The molecule has 0 saturated heterocycles. The number of carbonyl (C=O) groups excluding carboxylic acids is 1. The van der Waals surface area contributed by atoms with Crippen molar-refractivity contribution in [3.63, 3.8) is 0 Å². The highest BCUT2D eigenvalue weighted by molar-refractivity contribution is 5.76. The molecule has 0 amide bonds. The van der Waals surface area contributed by atoms with Crippen molar-refractivity contribution in [2.45, 2.75) is 26.7 Å². The standard InChI is InChI=1S/C8H16O3/c1-3-8(5-9,6-10)4-7(2)11/h9-10H,3-6H2,1-2H3. The van der Waals surface area contributed by atoms with Crippen LogP contribution in [0.25, 0.3) is 0 Å². The molecule has 0 heterocycles. The second kappa shape index (κ2) is 4.46. The fourth-order valence-electron chi connectivity index (χ4n) is 1.04. The van der Waals surface area contributed by atoms with Gasteiger partial charge in [0.15, 0.2) is 0 Å². The van der Waals surface area contributed by atoms with E-state index in [2.05, 4.69) is 0 Å². The van der Waals surface area contributed by atoms with E-state index in [0.29, 0.717) is 6.42 Å². The normalized spacial score (nSPS) is 11.6. The van der Waals surface area contributed by atoms with Crippen LogP contribution in [0.3, 0.4) is 0 Å². The van der Waals surface area contributed by atoms with E-state index in [1.807, 2.05) is 6.92 Å². The first-order valence-corrected chi connectivity index (χ1v) is 3.81. The lowest BCUT2D eigenvalue weighted by Crippen LogP contribution is -2.31. The molecule has 0 rings (SSSR count). The van der Waals surface area contributed by atoms with Gasteiger partial charge in [-0.1, -0.05) is 6.92 Å². The minimum atomic E-state index is -0.591. The number of ketones is 1. The average Bonchev–Trinajstić information content (AvgIpc) is 2.00. The highest BCUT2D eigenvalue weighted by Gasteiger charge is 2.27. The van der Waals surface area contributed by atoms with Crippen LogP contribution in [0.4, 0.5) is 0 Å². The van der Waals surface area contributed by atoms with Crippen LogP contribution in [0.2, 0.25) is 0 Å². The van der Waals surface area contributed by atoms with Gasteiger partial charge < -0.3 is 15.0 Å². The molecule has 3 nitrogen and oxygen atoms in total. The summed E-state index contributed by atoms with van der Waals surface area (Å²) in [5.41, 5.74) is -0.591. The van der Waals surface area contributed by atoms with Gasteiger partial charge >= 0.3 is 0 Å². The molecule has 0 aliphatic heterocycles. The molecule has 0 saturated carbocycles. The summed E-state index contributed by atoms with van der Waals surface area (Å²) in [4.78, 5) is 10.7. The molecule has 3 heteroatoms. The van der Waals surface area contributed by atoms with E-state index in [-0.39, 0.29) is 25.4 Å². The van der Waals surface area contributed by atoms with Gasteiger partial charge in [0, 0.05) is 11.8 Å². The fraction of sp³-hybridized carbons (Fsp3) is 0.875. The first kappa shape index (κ1) is 10.6. The molecule has 0 radical (unpaired) electrons. The maximum atomic E-state index is 10.7. The number of aliphatic hydroxyl groups excluding tert-OH is 2. The summed E-state index contributed by atoms with van der Waals surface area (Å²) < 4.78 is 0. The van der Waals surface area contributed by atoms with Gasteiger partial charge in [-0.15, -0.1) is 0 Å². The lowest BCUT2D eigenvalue weighted by atomic mass is 9.82. The van der Waals surface area contributed by atoms with Gasteiger partial charge in [0.25, 0.3) is 0 Å². The number of hydrogen-bond acceptors (Lipinski definition) is 3. The number of Topliss-reactive ketones (excluding diaryl/α,β-unsaturated/α-hetero) is 1. The smallest absolute Gasteiger partial charge is 0.130 e. The van der Waals surface area contributed by atoms with Crippen molar-refractivity contribution in [3.05, 3.63) is 0 Å². The summed E-state index contributed by atoms with van der Waals surface area (Å²) in [7, 11) is 0. The molecule has 0 unspecified atom stereocenters. The van der Waals surface area contributed by atoms with E-state index in [1.165, 1.54) is 6.92 Å². The molecule has 0 aliphatic carbocycles. The van der Waals surface area contributed by atoms with Crippen molar-refractivity contribution in [2.75, 3.05) is 13.2 Å². The molecule has 0 atom stereocenters. The highest BCUT2D eigenvalue weighted by Crippen LogP contribution is 2.24. The largest absolute Gasteiger partial charge is 0.396 e. The van der Waals surface area contributed by atoms with Crippen LogP contribution in [0.5, 0.6) is 0 Å². The zero-order chi connectivity index (χ0) is 8.91. The summed E-state index contributed by atoms with van der Waals surface area (Å²) in [6.45, 7) is 3.07. The molecule has 66 valence electrons. The first-order chi connectivity index (χ1) is 5.10. The Morgan fingerprint density at radius 1 is 1.36 bits per heavy atom. The number of rotatable bonds is 5. The molecule has 0 fully saturated rings. The van der Waals surface area contributed by atoms with Crippen molar-refractivity contribution in [1.29, 1.82) is 0 Å².